The number of anilines is 1. The van der Waals surface area contributed by atoms with Gasteiger partial charge in [-0.05, 0) is 102 Å². The SMILES string of the molecule is C=CCCCCC(=O)NC1(C(N)=O)CCN(S(=O)(=O)CCc2c(C)cc(N(C)C(=O)OC(C)(C)C)cc2C)CC1. The molecule has 0 spiro atoms. The molecule has 11 heteroatoms. The monoisotopic (exact) mass is 578 g/mol. The van der Waals surface area contributed by atoms with Gasteiger partial charge in [-0.3, -0.25) is 14.5 Å². The fraction of sp³-hybridized carbons (Fsp3) is 0.621. The van der Waals surface area contributed by atoms with Gasteiger partial charge in [0.1, 0.15) is 11.1 Å². The first-order chi connectivity index (χ1) is 18.5. The Morgan fingerprint density at radius 3 is 2.23 bits per heavy atom. The predicted octanol–water partition coefficient (Wildman–Crippen LogP) is 3.73. The average molecular weight is 579 g/mol. The van der Waals surface area contributed by atoms with Gasteiger partial charge >= 0.3 is 6.09 Å². The smallest absolute Gasteiger partial charge is 0.414 e. The van der Waals surface area contributed by atoms with Crippen molar-refractivity contribution in [1.82, 2.24) is 9.62 Å². The van der Waals surface area contributed by atoms with Crippen LogP contribution in [0.5, 0.6) is 0 Å². The van der Waals surface area contributed by atoms with Gasteiger partial charge in [0.15, 0.2) is 0 Å². The zero-order valence-electron chi connectivity index (χ0n) is 24.8. The van der Waals surface area contributed by atoms with Crippen LogP contribution < -0.4 is 16.0 Å². The zero-order chi connectivity index (χ0) is 30.3. The molecule has 2 rings (SSSR count). The predicted molar refractivity (Wildman–Crippen MR) is 158 cm³/mol. The number of hydrogen-bond acceptors (Lipinski definition) is 6. The van der Waals surface area contributed by atoms with Crippen molar-refractivity contribution in [2.24, 2.45) is 5.73 Å². The molecule has 1 aliphatic rings. The molecule has 0 unspecified atom stereocenters. The number of nitrogens with one attached hydrogen (secondary N) is 1. The second kappa shape index (κ2) is 13.6. The average Bonchev–Trinajstić information content (AvgIpc) is 2.84. The highest BCUT2D eigenvalue weighted by atomic mass is 32.2. The Balaban J connectivity index is 2.03. The van der Waals surface area contributed by atoms with Crippen LogP contribution in [0, 0.1) is 13.8 Å². The lowest BCUT2D eigenvalue weighted by Gasteiger charge is -2.39. The van der Waals surface area contributed by atoms with Crippen LogP contribution in [0.4, 0.5) is 10.5 Å². The van der Waals surface area contributed by atoms with Gasteiger partial charge in [-0.25, -0.2) is 17.5 Å². The lowest BCUT2D eigenvalue weighted by Crippen LogP contribution is -2.62. The first-order valence-corrected chi connectivity index (χ1v) is 15.4. The summed E-state index contributed by atoms with van der Waals surface area (Å²) in [7, 11) is -1.99. The maximum Gasteiger partial charge on any atom is 0.414 e. The molecule has 1 aromatic carbocycles. The number of allylic oxidation sites excluding steroid dienone is 1. The molecule has 0 saturated carbocycles. The van der Waals surface area contributed by atoms with E-state index in [2.05, 4.69) is 11.9 Å². The normalized spacial score (nSPS) is 15.8. The highest BCUT2D eigenvalue weighted by Crippen LogP contribution is 2.27. The number of carbonyl (C=O) groups excluding carboxylic acids is 3. The minimum absolute atomic E-state index is 0.0968. The molecule has 0 bridgehead atoms. The molecule has 0 aliphatic carbocycles. The van der Waals surface area contributed by atoms with Gasteiger partial charge in [-0.1, -0.05) is 6.08 Å². The van der Waals surface area contributed by atoms with Crippen molar-refractivity contribution in [3.63, 3.8) is 0 Å². The lowest BCUT2D eigenvalue weighted by atomic mass is 9.87. The molecule has 40 heavy (non-hydrogen) atoms. The fourth-order valence-electron chi connectivity index (χ4n) is 4.84. The third-order valence-electron chi connectivity index (χ3n) is 7.23. The molecule has 0 radical (unpaired) electrons. The van der Waals surface area contributed by atoms with E-state index in [9.17, 15) is 22.8 Å². The van der Waals surface area contributed by atoms with Gasteiger partial charge in [-0.2, -0.15) is 0 Å². The van der Waals surface area contributed by atoms with E-state index in [1.54, 1.807) is 33.9 Å². The van der Waals surface area contributed by atoms with Crippen LogP contribution >= 0.6 is 0 Å². The Morgan fingerprint density at radius 2 is 1.73 bits per heavy atom. The molecule has 3 N–H and O–H groups in total. The van der Waals surface area contributed by atoms with Gasteiger partial charge in [0.05, 0.1) is 5.75 Å². The van der Waals surface area contributed by atoms with Gasteiger partial charge in [-0.15, -0.1) is 6.58 Å². The van der Waals surface area contributed by atoms with E-state index in [-0.39, 0.29) is 44.0 Å². The van der Waals surface area contributed by atoms with Crippen molar-refractivity contribution < 1.29 is 27.5 Å². The summed E-state index contributed by atoms with van der Waals surface area (Å²) in [6.07, 6.45) is 4.47. The van der Waals surface area contributed by atoms with Crippen molar-refractivity contribution in [2.45, 2.75) is 90.7 Å². The molecule has 224 valence electrons. The minimum atomic E-state index is -3.63. The standard InChI is InChI=1S/C29H46N4O6S/c1-8-9-10-11-12-25(34)31-29(26(30)35)14-16-33(17-15-29)40(37,38)18-13-24-21(2)19-23(20-22(24)3)32(7)27(36)39-28(4,5)6/h8,19-20H,1,9-18H2,2-7H3,(H2,30,35)(H,31,34). The summed E-state index contributed by atoms with van der Waals surface area (Å²) in [4.78, 5) is 38.7. The molecule has 1 aromatic rings. The first-order valence-electron chi connectivity index (χ1n) is 13.8. The zero-order valence-corrected chi connectivity index (χ0v) is 25.7. The van der Waals surface area contributed by atoms with Crippen molar-refractivity contribution in [1.29, 1.82) is 0 Å². The van der Waals surface area contributed by atoms with Crippen LogP contribution in [0.25, 0.3) is 0 Å². The second-order valence-corrected chi connectivity index (χ2v) is 13.7. The van der Waals surface area contributed by atoms with E-state index < -0.39 is 33.2 Å². The largest absolute Gasteiger partial charge is 0.443 e. The van der Waals surface area contributed by atoms with Crippen LogP contribution in [0.2, 0.25) is 0 Å². The molecule has 0 aromatic heterocycles. The van der Waals surface area contributed by atoms with Crippen molar-refractivity contribution in [2.75, 3.05) is 30.8 Å². The highest BCUT2D eigenvalue weighted by molar-refractivity contribution is 7.89. The summed E-state index contributed by atoms with van der Waals surface area (Å²) >= 11 is 0. The number of primary amides is 1. The fourth-order valence-corrected chi connectivity index (χ4v) is 6.30. The molecular formula is C29H46N4O6S. The summed E-state index contributed by atoms with van der Waals surface area (Å²) in [5.41, 5.74) is 7.12. The van der Waals surface area contributed by atoms with Crippen molar-refractivity contribution in [3.8, 4) is 0 Å². The number of carbonyl (C=O) groups is 3. The summed E-state index contributed by atoms with van der Waals surface area (Å²) in [5, 5.41) is 2.79. The van der Waals surface area contributed by atoms with Gasteiger partial charge in [0.25, 0.3) is 0 Å². The summed E-state index contributed by atoms with van der Waals surface area (Å²) in [6, 6.07) is 3.70. The summed E-state index contributed by atoms with van der Waals surface area (Å²) < 4.78 is 33.3. The molecule has 3 amide bonds. The topological polar surface area (TPSA) is 139 Å². The molecule has 1 aliphatic heterocycles. The van der Waals surface area contributed by atoms with Crippen molar-refractivity contribution in [3.05, 3.63) is 41.5 Å². The number of unbranched alkanes of at least 4 members (excludes halogenated alkanes) is 2. The molecule has 0 atom stereocenters. The Labute approximate surface area is 239 Å². The van der Waals surface area contributed by atoms with Crippen LogP contribution in [0.3, 0.4) is 0 Å². The molecular weight excluding hydrogens is 532 g/mol. The second-order valence-electron chi connectivity index (χ2n) is 11.6. The Kier molecular flexibility index (Phi) is 11.3. The highest BCUT2D eigenvalue weighted by Gasteiger charge is 2.43. The van der Waals surface area contributed by atoms with Crippen LogP contribution in [-0.4, -0.2) is 67.7 Å². The van der Waals surface area contributed by atoms with Crippen LogP contribution in [0.1, 0.15) is 76.0 Å². The Morgan fingerprint density at radius 1 is 1.15 bits per heavy atom. The van der Waals surface area contributed by atoms with Gasteiger partial charge in [0, 0.05) is 32.2 Å². The number of sulfonamides is 1. The van der Waals surface area contributed by atoms with E-state index in [1.807, 2.05) is 26.0 Å². The maximum atomic E-state index is 13.2. The number of benzene rings is 1. The number of ether oxygens (including phenoxy) is 1. The number of aryl methyl sites for hydroxylation is 2. The molecule has 1 saturated heterocycles. The molecule has 1 fully saturated rings. The Hall–Kier alpha value is -2.92. The lowest BCUT2D eigenvalue weighted by molar-refractivity contribution is -0.133. The molecule has 10 nitrogen and oxygen atoms in total. The third-order valence-corrected chi connectivity index (χ3v) is 9.10. The molecule has 1 heterocycles. The Bertz CT molecular complexity index is 1170. The quantitative estimate of drug-likeness (QED) is 0.286. The van der Waals surface area contributed by atoms with E-state index in [0.29, 0.717) is 18.5 Å². The first kappa shape index (κ1) is 33.3. The van der Waals surface area contributed by atoms with E-state index in [1.165, 1.54) is 9.21 Å². The minimum Gasteiger partial charge on any atom is -0.443 e. The number of nitrogens with two attached hydrogens (primary N) is 1. The van der Waals surface area contributed by atoms with Gasteiger partial charge in [0.2, 0.25) is 21.8 Å². The van der Waals surface area contributed by atoms with E-state index in [4.69, 9.17) is 10.5 Å². The maximum absolute atomic E-state index is 13.2. The summed E-state index contributed by atoms with van der Waals surface area (Å²) in [5.74, 6) is -1.01. The number of rotatable bonds is 12. The van der Waals surface area contributed by atoms with Gasteiger partial charge < -0.3 is 15.8 Å². The third kappa shape index (κ3) is 9.05. The number of amides is 3. The number of piperidine rings is 1. The summed E-state index contributed by atoms with van der Waals surface area (Å²) in [6.45, 7) is 13.1. The van der Waals surface area contributed by atoms with E-state index >= 15 is 0 Å². The van der Waals surface area contributed by atoms with E-state index in [0.717, 1.165) is 29.5 Å². The number of hydrogen-bond donors (Lipinski definition) is 2. The van der Waals surface area contributed by atoms with Crippen LogP contribution in [-0.2, 0) is 30.8 Å². The van der Waals surface area contributed by atoms with Crippen LogP contribution in [0.15, 0.2) is 24.8 Å². The number of nitrogens with zero attached hydrogens (tertiary/aromatic N) is 2. The van der Waals surface area contributed by atoms with Crippen molar-refractivity contribution >= 4 is 33.6 Å².